The molecule has 0 bridgehead atoms. The number of hydrogen-bond acceptors (Lipinski definition) is 3. The van der Waals surface area contributed by atoms with Crippen LogP contribution in [-0.4, -0.2) is 47.7 Å². The highest BCUT2D eigenvalue weighted by molar-refractivity contribution is 5.96. The van der Waals surface area contributed by atoms with Crippen LogP contribution in [0.5, 0.6) is 0 Å². The standard InChI is InChI=1S/C22H24FN3O3/c1-15(16-7-4-3-5-8-16)26-13-17(11-21(26)28)22(29)25(2)14-20(27)24-19-10-6-9-18(23)12-19/h3-10,12,15,17H,11,13-14H2,1-2H3,(H,24,27)/t15-,17-/m1/s1. The van der Waals surface area contributed by atoms with Gasteiger partial charge in [0.1, 0.15) is 5.82 Å². The van der Waals surface area contributed by atoms with Gasteiger partial charge in [-0.1, -0.05) is 36.4 Å². The van der Waals surface area contributed by atoms with Crippen LogP contribution >= 0.6 is 0 Å². The van der Waals surface area contributed by atoms with Crippen molar-refractivity contribution in [1.82, 2.24) is 9.80 Å². The Morgan fingerprint density at radius 1 is 1.21 bits per heavy atom. The van der Waals surface area contributed by atoms with Gasteiger partial charge < -0.3 is 15.1 Å². The van der Waals surface area contributed by atoms with E-state index in [-0.39, 0.29) is 30.8 Å². The molecule has 7 heteroatoms. The van der Waals surface area contributed by atoms with Crippen molar-refractivity contribution in [3.63, 3.8) is 0 Å². The molecule has 2 aromatic rings. The van der Waals surface area contributed by atoms with Crippen LogP contribution in [0.2, 0.25) is 0 Å². The summed E-state index contributed by atoms with van der Waals surface area (Å²) < 4.78 is 13.2. The van der Waals surface area contributed by atoms with E-state index in [4.69, 9.17) is 0 Å². The molecule has 3 rings (SSSR count). The highest BCUT2D eigenvalue weighted by Crippen LogP contribution is 2.29. The highest BCUT2D eigenvalue weighted by atomic mass is 19.1. The number of carbonyl (C=O) groups is 3. The zero-order chi connectivity index (χ0) is 21.0. The van der Waals surface area contributed by atoms with E-state index in [1.807, 2.05) is 37.3 Å². The fourth-order valence-corrected chi connectivity index (χ4v) is 3.55. The number of amides is 3. The first-order valence-corrected chi connectivity index (χ1v) is 9.50. The zero-order valence-corrected chi connectivity index (χ0v) is 16.5. The molecule has 1 fully saturated rings. The van der Waals surface area contributed by atoms with E-state index in [0.717, 1.165) is 5.56 Å². The van der Waals surface area contributed by atoms with Crippen LogP contribution in [0.1, 0.15) is 24.9 Å². The van der Waals surface area contributed by atoms with Gasteiger partial charge in [-0.15, -0.1) is 0 Å². The summed E-state index contributed by atoms with van der Waals surface area (Å²) >= 11 is 0. The fourth-order valence-electron chi connectivity index (χ4n) is 3.55. The minimum atomic E-state index is -0.486. The molecular formula is C22H24FN3O3. The molecule has 1 heterocycles. The van der Waals surface area contributed by atoms with Crippen molar-refractivity contribution in [3.05, 3.63) is 66.0 Å². The number of nitrogens with zero attached hydrogens (tertiary/aromatic N) is 2. The van der Waals surface area contributed by atoms with Gasteiger partial charge in [-0.25, -0.2) is 4.39 Å². The highest BCUT2D eigenvalue weighted by Gasteiger charge is 2.38. The van der Waals surface area contributed by atoms with Crippen molar-refractivity contribution in [2.24, 2.45) is 5.92 Å². The first-order chi connectivity index (χ1) is 13.8. The smallest absolute Gasteiger partial charge is 0.243 e. The van der Waals surface area contributed by atoms with Crippen LogP contribution in [0.25, 0.3) is 0 Å². The fraction of sp³-hybridized carbons (Fsp3) is 0.318. The summed E-state index contributed by atoms with van der Waals surface area (Å²) in [7, 11) is 1.53. The SMILES string of the molecule is C[C@H](c1ccccc1)N1C[C@H](C(=O)N(C)CC(=O)Nc2cccc(F)c2)CC1=O. The van der Waals surface area contributed by atoms with E-state index in [9.17, 15) is 18.8 Å². The number of benzene rings is 2. The Hall–Kier alpha value is -3.22. The molecular weight excluding hydrogens is 373 g/mol. The minimum absolute atomic E-state index is 0.0719. The van der Waals surface area contributed by atoms with E-state index in [0.29, 0.717) is 12.2 Å². The molecule has 2 aromatic carbocycles. The molecule has 29 heavy (non-hydrogen) atoms. The molecule has 1 N–H and O–H groups in total. The Bertz CT molecular complexity index is 903. The average molecular weight is 397 g/mol. The van der Waals surface area contributed by atoms with Crippen molar-refractivity contribution in [2.45, 2.75) is 19.4 Å². The lowest BCUT2D eigenvalue weighted by Crippen LogP contribution is -2.39. The molecule has 0 aliphatic carbocycles. The molecule has 6 nitrogen and oxygen atoms in total. The number of likely N-dealkylation sites (tertiary alicyclic amines) is 1. The van der Waals surface area contributed by atoms with E-state index in [1.165, 1.54) is 30.1 Å². The molecule has 152 valence electrons. The number of carbonyl (C=O) groups excluding carboxylic acids is 3. The van der Waals surface area contributed by atoms with Gasteiger partial charge in [0.15, 0.2) is 0 Å². The number of halogens is 1. The molecule has 1 aliphatic heterocycles. The maximum absolute atomic E-state index is 13.2. The second-order valence-corrected chi connectivity index (χ2v) is 7.29. The van der Waals surface area contributed by atoms with E-state index >= 15 is 0 Å². The predicted molar refractivity (Wildman–Crippen MR) is 107 cm³/mol. The second kappa shape index (κ2) is 8.86. The van der Waals surface area contributed by atoms with Crippen LogP contribution < -0.4 is 5.32 Å². The number of nitrogens with one attached hydrogen (secondary N) is 1. The Balaban J connectivity index is 1.57. The molecule has 1 aliphatic rings. The summed E-state index contributed by atoms with van der Waals surface area (Å²) in [6.07, 6.45) is 0.131. The normalized spacial score (nSPS) is 17.1. The summed E-state index contributed by atoms with van der Waals surface area (Å²) in [6.45, 7) is 2.09. The third-order valence-electron chi connectivity index (χ3n) is 5.12. The average Bonchev–Trinajstić information content (AvgIpc) is 3.09. The van der Waals surface area contributed by atoms with Crippen molar-refractivity contribution >= 4 is 23.4 Å². The molecule has 3 amide bonds. The summed E-state index contributed by atoms with van der Waals surface area (Å²) in [5.74, 6) is -1.69. The van der Waals surface area contributed by atoms with E-state index in [1.54, 1.807) is 11.0 Å². The lowest BCUT2D eigenvalue weighted by molar-refractivity contribution is -0.137. The summed E-state index contributed by atoms with van der Waals surface area (Å²) in [5, 5.41) is 2.57. The van der Waals surface area contributed by atoms with Crippen LogP contribution in [0.3, 0.4) is 0 Å². The maximum Gasteiger partial charge on any atom is 0.243 e. The molecule has 0 radical (unpaired) electrons. The molecule has 0 aromatic heterocycles. The van der Waals surface area contributed by atoms with Crippen molar-refractivity contribution in [2.75, 3.05) is 25.5 Å². The Kier molecular flexibility index (Phi) is 6.26. The van der Waals surface area contributed by atoms with Gasteiger partial charge in [0.05, 0.1) is 18.5 Å². The van der Waals surface area contributed by atoms with Gasteiger partial charge >= 0.3 is 0 Å². The van der Waals surface area contributed by atoms with Gasteiger partial charge in [0.25, 0.3) is 0 Å². The van der Waals surface area contributed by atoms with Crippen LogP contribution in [0.4, 0.5) is 10.1 Å². The van der Waals surface area contributed by atoms with Crippen molar-refractivity contribution in [1.29, 1.82) is 0 Å². The number of likely N-dealkylation sites (N-methyl/N-ethyl adjacent to an activating group) is 1. The lowest BCUT2D eigenvalue weighted by Gasteiger charge is -2.26. The van der Waals surface area contributed by atoms with Gasteiger partial charge in [-0.3, -0.25) is 14.4 Å². The van der Waals surface area contributed by atoms with Gasteiger partial charge in [-0.2, -0.15) is 0 Å². The monoisotopic (exact) mass is 397 g/mol. The molecule has 0 unspecified atom stereocenters. The summed E-state index contributed by atoms with van der Waals surface area (Å²) in [5.41, 5.74) is 1.34. The van der Waals surface area contributed by atoms with Crippen LogP contribution in [0, 0.1) is 11.7 Å². The quantitative estimate of drug-likeness (QED) is 0.815. The number of rotatable bonds is 6. The number of anilines is 1. The van der Waals surface area contributed by atoms with E-state index < -0.39 is 17.6 Å². The van der Waals surface area contributed by atoms with Gasteiger partial charge in [-0.05, 0) is 30.7 Å². The lowest BCUT2D eigenvalue weighted by atomic mass is 10.1. The Morgan fingerprint density at radius 2 is 1.93 bits per heavy atom. The zero-order valence-electron chi connectivity index (χ0n) is 16.5. The molecule has 2 atom stereocenters. The van der Waals surface area contributed by atoms with Crippen molar-refractivity contribution in [3.8, 4) is 0 Å². The number of hydrogen-bond donors (Lipinski definition) is 1. The Labute approximate surface area is 169 Å². The van der Waals surface area contributed by atoms with E-state index in [2.05, 4.69) is 5.32 Å². The maximum atomic E-state index is 13.2. The second-order valence-electron chi connectivity index (χ2n) is 7.29. The van der Waals surface area contributed by atoms with Crippen molar-refractivity contribution < 1.29 is 18.8 Å². The minimum Gasteiger partial charge on any atom is -0.336 e. The summed E-state index contributed by atoms with van der Waals surface area (Å²) in [4.78, 5) is 40.4. The molecule has 0 saturated carbocycles. The Morgan fingerprint density at radius 3 is 2.62 bits per heavy atom. The third kappa shape index (κ3) is 4.99. The van der Waals surface area contributed by atoms with Crippen LogP contribution in [-0.2, 0) is 14.4 Å². The first-order valence-electron chi connectivity index (χ1n) is 9.50. The van der Waals surface area contributed by atoms with Gasteiger partial charge in [0.2, 0.25) is 17.7 Å². The third-order valence-corrected chi connectivity index (χ3v) is 5.12. The molecule has 1 saturated heterocycles. The van der Waals surface area contributed by atoms with Crippen LogP contribution in [0.15, 0.2) is 54.6 Å². The largest absolute Gasteiger partial charge is 0.336 e. The predicted octanol–water partition coefficient (Wildman–Crippen LogP) is 2.83. The topological polar surface area (TPSA) is 69.7 Å². The molecule has 0 spiro atoms. The first kappa shape index (κ1) is 20.5. The van der Waals surface area contributed by atoms with Gasteiger partial charge in [0, 0.05) is 25.7 Å². The summed E-state index contributed by atoms with van der Waals surface area (Å²) in [6, 6.07) is 15.1.